The van der Waals surface area contributed by atoms with Crippen LogP contribution >= 0.6 is 0 Å². The molecule has 0 aliphatic heterocycles. The van der Waals surface area contributed by atoms with E-state index in [1.165, 1.54) is 19.3 Å². The first-order valence-electron chi connectivity index (χ1n) is 6.21. The van der Waals surface area contributed by atoms with Gasteiger partial charge in [0.2, 0.25) is 0 Å². The Labute approximate surface area is 96.7 Å². The summed E-state index contributed by atoms with van der Waals surface area (Å²) in [6, 6.07) is 0.655. The highest BCUT2D eigenvalue weighted by Gasteiger charge is 2.24. The van der Waals surface area contributed by atoms with Crippen molar-refractivity contribution in [3.8, 4) is 0 Å². The van der Waals surface area contributed by atoms with Crippen LogP contribution in [0.2, 0.25) is 0 Å². The van der Waals surface area contributed by atoms with E-state index < -0.39 is 10.8 Å². The quantitative estimate of drug-likeness (QED) is 0.785. The monoisotopic (exact) mass is 231 g/mol. The SMILES string of the molecule is CCS(=O)CCNC1CC(C)CCC1C. The second kappa shape index (κ2) is 6.64. The molecular weight excluding hydrogens is 206 g/mol. The Bertz CT molecular complexity index is 208. The van der Waals surface area contributed by atoms with Gasteiger partial charge in [-0.2, -0.15) is 0 Å². The van der Waals surface area contributed by atoms with Gasteiger partial charge in [0.15, 0.2) is 0 Å². The van der Waals surface area contributed by atoms with Crippen molar-refractivity contribution in [3.63, 3.8) is 0 Å². The van der Waals surface area contributed by atoms with Gasteiger partial charge in [0.05, 0.1) is 0 Å². The first-order valence-corrected chi connectivity index (χ1v) is 7.70. The summed E-state index contributed by atoms with van der Waals surface area (Å²) < 4.78 is 11.3. The van der Waals surface area contributed by atoms with Crippen molar-refractivity contribution in [2.75, 3.05) is 18.1 Å². The maximum absolute atomic E-state index is 11.3. The minimum Gasteiger partial charge on any atom is -0.313 e. The van der Waals surface area contributed by atoms with Crippen molar-refractivity contribution in [2.24, 2.45) is 11.8 Å². The fourth-order valence-corrected chi connectivity index (χ4v) is 2.95. The van der Waals surface area contributed by atoms with E-state index in [-0.39, 0.29) is 0 Å². The Morgan fingerprint density at radius 2 is 2.07 bits per heavy atom. The summed E-state index contributed by atoms with van der Waals surface area (Å²) in [6.45, 7) is 7.58. The van der Waals surface area contributed by atoms with Crippen LogP contribution in [0.25, 0.3) is 0 Å². The molecule has 1 N–H and O–H groups in total. The molecule has 15 heavy (non-hydrogen) atoms. The predicted molar refractivity (Wildman–Crippen MR) is 67.5 cm³/mol. The Balaban J connectivity index is 2.21. The minimum atomic E-state index is -0.614. The fourth-order valence-electron chi connectivity index (χ4n) is 2.32. The molecule has 1 saturated carbocycles. The molecule has 3 heteroatoms. The van der Waals surface area contributed by atoms with Crippen LogP contribution in [-0.4, -0.2) is 28.3 Å². The zero-order valence-corrected chi connectivity index (χ0v) is 11.1. The van der Waals surface area contributed by atoms with Crippen LogP contribution in [0.4, 0.5) is 0 Å². The van der Waals surface area contributed by atoms with E-state index in [1.54, 1.807) is 0 Å². The van der Waals surface area contributed by atoms with Crippen molar-refractivity contribution in [2.45, 2.75) is 46.1 Å². The molecule has 1 fully saturated rings. The maximum Gasteiger partial charge on any atom is 0.0360 e. The van der Waals surface area contributed by atoms with Gasteiger partial charge >= 0.3 is 0 Å². The Morgan fingerprint density at radius 3 is 2.73 bits per heavy atom. The number of nitrogens with one attached hydrogen (secondary N) is 1. The molecule has 0 aromatic rings. The molecule has 0 aromatic carbocycles. The van der Waals surface area contributed by atoms with Gasteiger partial charge in [-0.3, -0.25) is 4.21 Å². The second-order valence-corrected chi connectivity index (χ2v) is 6.75. The zero-order valence-electron chi connectivity index (χ0n) is 10.3. The summed E-state index contributed by atoms with van der Waals surface area (Å²) >= 11 is 0. The van der Waals surface area contributed by atoms with Crippen molar-refractivity contribution >= 4 is 10.8 Å². The number of hydrogen-bond donors (Lipinski definition) is 1. The average molecular weight is 231 g/mol. The first-order chi connectivity index (χ1) is 7.13. The average Bonchev–Trinajstić information content (AvgIpc) is 2.23. The summed E-state index contributed by atoms with van der Waals surface area (Å²) in [5.74, 6) is 3.25. The van der Waals surface area contributed by atoms with Crippen LogP contribution in [0.3, 0.4) is 0 Å². The van der Waals surface area contributed by atoms with E-state index in [9.17, 15) is 4.21 Å². The molecule has 0 aromatic heterocycles. The van der Waals surface area contributed by atoms with Crippen molar-refractivity contribution in [3.05, 3.63) is 0 Å². The standard InChI is InChI=1S/C12H25NOS/c1-4-15(14)8-7-13-12-9-10(2)5-6-11(12)3/h10-13H,4-9H2,1-3H3. The third-order valence-corrected chi connectivity index (χ3v) is 4.82. The maximum atomic E-state index is 11.3. The number of rotatable bonds is 5. The molecule has 1 aliphatic rings. The summed E-state index contributed by atoms with van der Waals surface area (Å²) in [5, 5.41) is 3.57. The number of hydrogen-bond acceptors (Lipinski definition) is 2. The highest BCUT2D eigenvalue weighted by molar-refractivity contribution is 7.84. The topological polar surface area (TPSA) is 29.1 Å². The van der Waals surface area contributed by atoms with Gasteiger partial charge in [0, 0.05) is 34.9 Å². The van der Waals surface area contributed by atoms with E-state index in [1.807, 2.05) is 6.92 Å². The largest absolute Gasteiger partial charge is 0.313 e. The van der Waals surface area contributed by atoms with Gasteiger partial charge < -0.3 is 5.32 Å². The Morgan fingerprint density at radius 1 is 1.33 bits per heavy atom. The summed E-state index contributed by atoms with van der Waals surface area (Å²) in [7, 11) is -0.614. The molecule has 0 heterocycles. The Kier molecular flexibility index (Phi) is 5.83. The van der Waals surface area contributed by atoms with Crippen molar-refractivity contribution in [1.82, 2.24) is 5.32 Å². The van der Waals surface area contributed by atoms with Gasteiger partial charge in [-0.15, -0.1) is 0 Å². The van der Waals surface area contributed by atoms with Crippen LogP contribution in [0, 0.1) is 11.8 Å². The van der Waals surface area contributed by atoms with Crippen molar-refractivity contribution in [1.29, 1.82) is 0 Å². The molecule has 90 valence electrons. The third-order valence-electron chi connectivity index (χ3n) is 3.52. The van der Waals surface area contributed by atoms with Crippen LogP contribution in [0.15, 0.2) is 0 Å². The van der Waals surface area contributed by atoms with E-state index in [2.05, 4.69) is 19.2 Å². The molecular formula is C12H25NOS. The van der Waals surface area contributed by atoms with Crippen LogP contribution < -0.4 is 5.32 Å². The molecule has 4 atom stereocenters. The van der Waals surface area contributed by atoms with Gasteiger partial charge in [-0.05, 0) is 24.7 Å². The van der Waals surface area contributed by atoms with Gasteiger partial charge in [-0.1, -0.05) is 27.2 Å². The predicted octanol–water partition coefficient (Wildman–Crippen LogP) is 2.17. The smallest absolute Gasteiger partial charge is 0.0360 e. The molecule has 0 bridgehead atoms. The lowest BCUT2D eigenvalue weighted by Crippen LogP contribution is -2.41. The second-order valence-electron chi connectivity index (χ2n) is 4.89. The molecule has 0 radical (unpaired) electrons. The lowest BCUT2D eigenvalue weighted by molar-refractivity contribution is 0.232. The lowest BCUT2D eigenvalue weighted by Gasteiger charge is -2.33. The van der Waals surface area contributed by atoms with Gasteiger partial charge in [-0.25, -0.2) is 0 Å². The zero-order chi connectivity index (χ0) is 11.3. The van der Waals surface area contributed by atoms with E-state index >= 15 is 0 Å². The summed E-state index contributed by atoms with van der Waals surface area (Å²) in [4.78, 5) is 0. The van der Waals surface area contributed by atoms with Crippen LogP contribution in [0.5, 0.6) is 0 Å². The fraction of sp³-hybridized carbons (Fsp3) is 1.00. The van der Waals surface area contributed by atoms with E-state index in [0.717, 1.165) is 29.9 Å². The van der Waals surface area contributed by atoms with E-state index in [4.69, 9.17) is 0 Å². The first kappa shape index (κ1) is 13.2. The minimum absolute atomic E-state index is 0.614. The Hall–Kier alpha value is 0.110. The van der Waals surface area contributed by atoms with Gasteiger partial charge in [0.1, 0.15) is 0 Å². The molecule has 0 spiro atoms. The third kappa shape index (κ3) is 4.64. The molecule has 0 amide bonds. The van der Waals surface area contributed by atoms with Crippen LogP contribution in [0.1, 0.15) is 40.0 Å². The molecule has 1 rings (SSSR count). The highest BCUT2D eigenvalue weighted by atomic mass is 32.2. The van der Waals surface area contributed by atoms with E-state index in [0.29, 0.717) is 6.04 Å². The molecule has 4 unspecified atom stereocenters. The molecule has 1 aliphatic carbocycles. The summed E-state index contributed by atoms with van der Waals surface area (Å²) in [5.41, 5.74) is 0. The normalized spacial score (nSPS) is 33.9. The molecule has 2 nitrogen and oxygen atoms in total. The van der Waals surface area contributed by atoms with Gasteiger partial charge in [0.25, 0.3) is 0 Å². The van der Waals surface area contributed by atoms with Crippen molar-refractivity contribution < 1.29 is 4.21 Å². The summed E-state index contributed by atoms with van der Waals surface area (Å²) in [6.07, 6.45) is 4.01. The molecule has 0 saturated heterocycles. The lowest BCUT2D eigenvalue weighted by atomic mass is 9.80. The van der Waals surface area contributed by atoms with Crippen LogP contribution in [-0.2, 0) is 10.8 Å². The highest BCUT2D eigenvalue weighted by Crippen LogP contribution is 2.28.